The zero-order chi connectivity index (χ0) is 26.4. The van der Waals surface area contributed by atoms with Gasteiger partial charge in [0, 0.05) is 43.5 Å². The van der Waals surface area contributed by atoms with Crippen molar-refractivity contribution in [3.05, 3.63) is 58.5 Å². The smallest absolute Gasteiger partial charge is 0.407 e. The van der Waals surface area contributed by atoms with Crippen molar-refractivity contribution in [3.8, 4) is 11.5 Å². The number of carbonyl (C=O) groups excluding carboxylic acids is 1. The number of amides is 2. The number of carboxylic acid groups (broad SMARTS) is 1. The maximum absolute atomic E-state index is 12.8. The van der Waals surface area contributed by atoms with E-state index < -0.39 is 6.09 Å². The lowest BCUT2D eigenvalue weighted by molar-refractivity contribution is -0.117. The highest BCUT2D eigenvalue weighted by atomic mass is 35.5. The maximum Gasteiger partial charge on any atom is 0.407 e. The Balaban J connectivity index is 1.48. The van der Waals surface area contributed by atoms with E-state index in [0.717, 1.165) is 18.4 Å². The molecule has 196 valence electrons. The SMILES string of the molecule is COc1c(Cl)cccc1NC(=S)C1=C(NCc2ccncc2OC[C@@H]2CCCN2C(=O)O)CCNC1=O. The average Bonchev–Trinajstić information content (AvgIpc) is 3.36. The van der Waals surface area contributed by atoms with E-state index in [1.54, 1.807) is 30.6 Å². The molecule has 1 fully saturated rings. The molecule has 10 nitrogen and oxygen atoms in total. The summed E-state index contributed by atoms with van der Waals surface area (Å²) in [4.78, 5) is 30.0. The van der Waals surface area contributed by atoms with Crippen LogP contribution in [-0.2, 0) is 11.3 Å². The van der Waals surface area contributed by atoms with Crippen LogP contribution in [0.4, 0.5) is 10.5 Å². The van der Waals surface area contributed by atoms with E-state index in [9.17, 15) is 14.7 Å². The second kappa shape index (κ2) is 12.1. The van der Waals surface area contributed by atoms with Gasteiger partial charge in [0.25, 0.3) is 5.91 Å². The van der Waals surface area contributed by atoms with Crippen molar-refractivity contribution in [2.24, 2.45) is 0 Å². The Bertz CT molecular complexity index is 1220. The van der Waals surface area contributed by atoms with Crippen LogP contribution in [0.15, 0.2) is 47.9 Å². The van der Waals surface area contributed by atoms with Crippen LogP contribution < -0.4 is 25.4 Å². The molecule has 2 amide bonds. The van der Waals surface area contributed by atoms with Gasteiger partial charge in [-0.2, -0.15) is 0 Å². The fraction of sp³-hybridized carbons (Fsp3) is 0.360. The molecule has 2 aromatic rings. The van der Waals surface area contributed by atoms with E-state index in [2.05, 4.69) is 20.9 Å². The molecular weight excluding hydrogens is 518 g/mol. The average molecular weight is 546 g/mol. The zero-order valence-electron chi connectivity index (χ0n) is 20.3. The van der Waals surface area contributed by atoms with Crippen LogP contribution in [0.5, 0.6) is 11.5 Å². The molecule has 1 aromatic carbocycles. The fourth-order valence-electron chi connectivity index (χ4n) is 4.40. The number of halogens is 1. The van der Waals surface area contributed by atoms with E-state index in [4.69, 9.17) is 33.3 Å². The molecule has 3 heterocycles. The summed E-state index contributed by atoms with van der Waals surface area (Å²) in [6.07, 6.45) is 4.46. The lowest BCUT2D eigenvalue weighted by Gasteiger charge is -2.24. The van der Waals surface area contributed by atoms with Gasteiger partial charge >= 0.3 is 6.09 Å². The molecule has 1 saturated heterocycles. The molecule has 0 saturated carbocycles. The predicted molar refractivity (Wildman–Crippen MR) is 143 cm³/mol. The van der Waals surface area contributed by atoms with Crippen LogP contribution in [0.25, 0.3) is 0 Å². The summed E-state index contributed by atoms with van der Waals surface area (Å²) in [6, 6.07) is 6.86. The molecular formula is C25H28ClN5O5S. The zero-order valence-corrected chi connectivity index (χ0v) is 21.8. The number of benzene rings is 1. The number of nitrogens with one attached hydrogen (secondary N) is 3. The minimum atomic E-state index is -0.936. The van der Waals surface area contributed by atoms with Crippen LogP contribution >= 0.6 is 23.8 Å². The van der Waals surface area contributed by atoms with Crippen molar-refractivity contribution in [2.75, 3.05) is 32.1 Å². The monoisotopic (exact) mass is 545 g/mol. The quantitative estimate of drug-likeness (QED) is 0.350. The molecule has 37 heavy (non-hydrogen) atoms. The summed E-state index contributed by atoms with van der Waals surface area (Å²) in [5.74, 6) is 0.701. The first-order valence-corrected chi connectivity index (χ1v) is 12.6. The first-order valence-electron chi connectivity index (χ1n) is 11.8. The summed E-state index contributed by atoms with van der Waals surface area (Å²) >= 11 is 11.8. The van der Waals surface area contributed by atoms with E-state index in [0.29, 0.717) is 59.5 Å². The number of likely N-dealkylation sites (tertiary alicyclic amines) is 1. The molecule has 0 aliphatic carbocycles. The van der Waals surface area contributed by atoms with Crippen LogP contribution in [-0.4, -0.2) is 64.8 Å². The maximum atomic E-state index is 12.8. The van der Waals surface area contributed by atoms with Gasteiger partial charge in [-0.25, -0.2) is 4.79 Å². The number of hydrogen-bond acceptors (Lipinski definition) is 7. The summed E-state index contributed by atoms with van der Waals surface area (Å²) in [5.41, 5.74) is 2.40. The molecule has 1 aromatic heterocycles. The highest BCUT2D eigenvalue weighted by Crippen LogP contribution is 2.33. The van der Waals surface area contributed by atoms with Crippen molar-refractivity contribution in [1.82, 2.24) is 20.5 Å². The second-order valence-electron chi connectivity index (χ2n) is 8.55. The Kier molecular flexibility index (Phi) is 8.67. The highest BCUT2D eigenvalue weighted by Gasteiger charge is 2.29. The van der Waals surface area contributed by atoms with Crippen LogP contribution in [0.3, 0.4) is 0 Å². The number of methoxy groups -OCH3 is 1. The number of aromatic nitrogens is 1. The third-order valence-electron chi connectivity index (χ3n) is 6.25. The van der Waals surface area contributed by atoms with Gasteiger partial charge in [0.15, 0.2) is 5.75 Å². The lowest BCUT2D eigenvalue weighted by atomic mass is 10.1. The summed E-state index contributed by atoms with van der Waals surface area (Å²) in [6.45, 7) is 1.59. The Morgan fingerprint density at radius 1 is 1.38 bits per heavy atom. The minimum Gasteiger partial charge on any atom is -0.493 e. The van der Waals surface area contributed by atoms with Crippen molar-refractivity contribution in [3.63, 3.8) is 0 Å². The molecule has 2 aliphatic heterocycles. The Labute approximate surface area is 225 Å². The minimum absolute atomic E-state index is 0.193. The number of thiocarbonyl (C=S) groups is 1. The van der Waals surface area contributed by atoms with Crippen LogP contribution in [0, 0.1) is 0 Å². The van der Waals surface area contributed by atoms with Crippen LogP contribution in [0.1, 0.15) is 24.8 Å². The molecule has 0 spiro atoms. The number of rotatable bonds is 9. The molecule has 2 aliphatic rings. The first-order chi connectivity index (χ1) is 17.9. The third kappa shape index (κ3) is 6.23. The van der Waals surface area contributed by atoms with Gasteiger partial charge in [0.05, 0.1) is 35.6 Å². The van der Waals surface area contributed by atoms with Gasteiger partial charge in [0.2, 0.25) is 0 Å². The van der Waals surface area contributed by atoms with Crippen molar-refractivity contribution >= 4 is 46.5 Å². The molecule has 0 unspecified atom stereocenters. The third-order valence-corrected chi connectivity index (χ3v) is 6.86. The Morgan fingerprint density at radius 3 is 3.00 bits per heavy atom. The summed E-state index contributed by atoms with van der Waals surface area (Å²) in [7, 11) is 1.51. The van der Waals surface area contributed by atoms with E-state index in [1.807, 2.05) is 6.07 Å². The fourth-order valence-corrected chi connectivity index (χ4v) is 4.98. The number of pyridine rings is 1. The predicted octanol–water partition coefficient (Wildman–Crippen LogP) is 3.57. The molecule has 0 bridgehead atoms. The number of carbonyl (C=O) groups is 2. The standard InChI is InChI=1S/C25H28ClN5O5S/c1-35-22-17(26)5-2-6-19(22)30-24(37)21-18(8-10-28-23(21)32)29-12-15-7-9-27-13-20(15)36-14-16-4-3-11-31(16)25(33)34/h2,5-7,9,13,16,29H,3-4,8,10-12,14H2,1H3,(H,28,32)(H,30,37)(H,33,34)/t16-/m0/s1. The number of nitrogens with zero attached hydrogens (tertiary/aromatic N) is 2. The molecule has 4 N–H and O–H groups in total. The first kappa shape index (κ1) is 26.5. The summed E-state index contributed by atoms with van der Waals surface area (Å²) < 4.78 is 11.4. The topological polar surface area (TPSA) is 125 Å². The normalized spacial score (nSPS) is 17.3. The number of anilines is 1. The van der Waals surface area contributed by atoms with Gasteiger partial charge < -0.3 is 35.4 Å². The lowest BCUT2D eigenvalue weighted by Crippen LogP contribution is -2.39. The van der Waals surface area contributed by atoms with Gasteiger partial charge in [-0.15, -0.1) is 0 Å². The van der Waals surface area contributed by atoms with Gasteiger partial charge in [-0.1, -0.05) is 29.9 Å². The van der Waals surface area contributed by atoms with Gasteiger partial charge in [-0.3, -0.25) is 9.78 Å². The Hall–Kier alpha value is -3.57. The van der Waals surface area contributed by atoms with E-state index in [1.165, 1.54) is 12.0 Å². The molecule has 0 radical (unpaired) electrons. The summed E-state index contributed by atoms with van der Waals surface area (Å²) in [5, 5.41) is 19.1. The second-order valence-corrected chi connectivity index (χ2v) is 9.37. The van der Waals surface area contributed by atoms with E-state index >= 15 is 0 Å². The molecule has 12 heteroatoms. The van der Waals surface area contributed by atoms with Gasteiger partial charge in [-0.05, 0) is 31.0 Å². The van der Waals surface area contributed by atoms with Crippen molar-refractivity contribution in [1.29, 1.82) is 0 Å². The molecule has 1 atom stereocenters. The molecule has 4 rings (SSSR count). The van der Waals surface area contributed by atoms with Crippen LogP contribution in [0.2, 0.25) is 5.02 Å². The van der Waals surface area contributed by atoms with Crippen molar-refractivity contribution < 1.29 is 24.2 Å². The largest absolute Gasteiger partial charge is 0.493 e. The van der Waals surface area contributed by atoms with E-state index in [-0.39, 0.29) is 23.5 Å². The van der Waals surface area contributed by atoms with Gasteiger partial charge in [0.1, 0.15) is 17.3 Å². The van der Waals surface area contributed by atoms with Crippen molar-refractivity contribution in [2.45, 2.75) is 31.8 Å². The number of ether oxygens (including phenoxy) is 2. The highest BCUT2D eigenvalue weighted by molar-refractivity contribution is 7.81. The number of para-hydroxylation sites is 1. The Morgan fingerprint density at radius 2 is 2.22 bits per heavy atom. The number of hydrogen-bond donors (Lipinski definition) is 4.